The van der Waals surface area contributed by atoms with Crippen LogP contribution in [-0.4, -0.2) is 17.4 Å². The van der Waals surface area contributed by atoms with E-state index in [1.807, 2.05) is 30.4 Å². The predicted molar refractivity (Wildman–Crippen MR) is 106 cm³/mol. The molecular formula is C20H22N2OS2. The third-order valence-electron chi connectivity index (χ3n) is 4.79. The quantitative estimate of drug-likeness (QED) is 0.649. The van der Waals surface area contributed by atoms with Gasteiger partial charge in [-0.2, -0.15) is 0 Å². The summed E-state index contributed by atoms with van der Waals surface area (Å²) in [6.45, 7) is 2.74. The van der Waals surface area contributed by atoms with Gasteiger partial charge in [-0.25, -0.2) is 4.98 Å². The molecule has 1 aliphatic rings. The van der Waals surface area contributed by atoms with Crippen molar-refractivity contribution in [1.82, 2.24) is 10.3 Å². The minimum Gasteiger partial charge on any atom is -0.351 e. The maximum absolute atomic E-state index is 12.5. The van der Waals surface area contributed by atoms with Crippen LogP contribution in [0.5, 0.6) is 0 Å². The van der Waals surface area contributed by atoms with Crippen molar-refractivity contribution < 1.29 is 4.79 Å². The summed E-state index contributed by atoms with van der Waals surface area (Å²) >= 11 is 3.46. The van der Waals surface area contributed by atoms with Crippen molar-refractivity contribution in [3.8, 4) is 0 Å². The SMILES string of the molecule is Cc1c(C(=O)NCCCc2nc3c(s2)CCCC3)sc2ccccc12. The summed E-state index contributed by atoms with van der Waals surface area (Å²) in [4.78, 5) is 19.6. The van der Waals surface area contributed by atoms with Crippen LogP contribution < -0.4 is 5.32 Å². The van der Waals surface area contributed by atoms with E-state index < -0.39 is 0 Å². The summed E-state index contributed by atoms with van der Waals surface area (Å²) in [5, 5.41) is 5.50. The lowest BCUT2D eigenvalue weighted by Gasteiger charge is -2.06. The molecule has 0 saturated carbocycles. The lowest BCUT2D eigenvalue weighted by molar-refractivity contribution is 0.0957. The van der Waals surface area contributed by atoms with Crippen LogP contribution in [0.25, 0.3) is 10.1 Å². The third kappa shape index (κ3) is 3.48. The molecule has 130 valence electrons. The van der Waals surface area contributed by atoms with Gasteiger partial charge >= 0.3 is 0 Å². The molecule has 0 fully saturated rings. The monoisotopic (exact) mass is 370 g/mol. The van der Waals surface area contributed by atoms with Crippen LogP contribution in [0.4, 0.5) is 0 Å². The average Bonchev–Trinajstić information content (AvgIpc) is 3.20. The van der Waals surface area contributed by atoms with Crippen LogP contribution in [0.2, 0.25) is 0 Å². The van der Waals surface area contributed by atoms with E-state index in [4.69, 9.17) is 4.98 Å². The molecule has 4 rings (SSSR count). The van der Waals surface area contributed by atoms with Crippen LogP contribution in [0.3, 0.4) is 0 Å². The van der Waals surface area contributed by atoms with Gasteiger partial charge in [-0.05, 0) is 56.0 Å². The molecule has 1 amide bonds. The van der Waals surface area contributed by atoms with Gasteiger partial charge in [0.2, 0.25) is 0 Å². The Balaban J connectivity index is 1.32. The molecule has 3 nitrogen and oxygen atoms in total. The average molecular weight is 371 g/mol. The van der Waals surface area contributed by atoms with E-state index >= 15 is 0 Å². The fraction of sp³-hybridized carbons (Fsp3) is 0.400. The second kappa shape index (κ2) is 7.26. The number of rotatable bonds is 5. The highest BCUT2D eigenvalue weighted by molar-refractivity contribution is 7.21. The van der Waals surface area contributed by atoms with Crippen molar-refractivity contribution in [1.29, 1.82) is 0 Å². The Morgan fingerprint density at radius 2 is 2.04 bits per heavy atom. The molecule has 1 N–H and O–H groups in total. The van der Waals surface area contributed by atoms with E-state index in [9.17, 15) is 4.79 Å². The van der Waals surface area contributed by atoms with E-state index in [2.05, 4.69) is 17.4 Å². The summed E-state index contributed by atoms with van der Waals surface area (Å²) < 4.78 is 1.18. The second-order valence-corrected chi connectivity index (χ2v) is 8.82. The number of nitrogens with zero attached hydrogens (tertiary/aromatic N) is 1. The molecule has 0 atom stereocenters. The van der Waals surface area contributed by atoms with Gasteiger partial charge in [0.05, 0.1) is 15.6 Å². The normalized spacial score (nSPS) is 13.8. The zero-order valence-electron chi connectivity index (χ0n) is 14.4. The number of thiazole rings is 1. The number of aromatic nitrogens is 1. The Kier molecular flexibility index (Phi) is 4.86. The summed E-state index contributed by atoms with van der Waals surface area (Å²) in [7, 11) is 0. The summed E-state index contributed by atoms with van der Waals surface area (Å²) in [5.74, 6) is 0.0529. The van der Waals surface area contributed by atoms with Crippen LogP contribution in [-0.2, 0) is 19.3 Å². The first-order valence-corrected chi connectivity index (χ1v) is 10.6. The zero-order chi connectivity index (χ0) is 17.2. The number of fused-ring (bicyclic) bond motifs is 2. The Morgan fingerprint density at radius 1 is 1.20 bits per heavy atom. The number of hydrogen-bond donors (Lipinski definition) is 1. The summed E-state index contributed by atoms with van der Waals surface area (Å²) in [6.07, 6.45) is 6.84. The second-order valence-electron chi connectivity index (χ2n) is 6.60. The van der Waals surface area contributed by atoms with Gasteiger partial charge in [-0.1, -0.05) is 18.2 Å². The highest BCUT2D eigenvalue weighted by Gasteiger charge is 2.16. The fourth-order valence-electron chi connectivity index (χ4n) is 3.43. The fourth-order valence-corrected chi connectivity index (χ4v) is 5.75. The summed E-state index contributed by atoms with van der Waals surface area (Å²) in [6, 6.07) is 8.21. The smallest absolute Gasteiger partial charge is 0.261 e. The number of aryl methyl sites for hydroxylation is 4. The molecule has 1 aromatic carbocycles. The minimum atomic E-state index is 0.0529. The minimum absolute atomic E-state index is 0.0529. The van der Waals surface area contributed by atoms with Crippen LogP contribution in [0.15, 0.2) is 24.3 Å². The van der Waals surface area contributed by atoms with Crippen molar-refractivity contribution >= 4 is 38.7 Å². The first kappa shape index (κ1) is 16.7. The first-order chi connectivity index (χ1) is 12.2. The van der Waals surface area contributed by atoms with E-state index in [1.165, 1.54) is 44.9 Å². The van der Waals surface area contributed by atoms with Gasteiger partial charge in [-0.3, -0.25) is 4.79 Å². The van der Waals surface area contributed by atoms with E-state index in [0.29, 0.717) is 6.54 Å². The molecule has 5 heteroatoms. The lowest BCUT2D eigenvalue weighted by Crippen LogP contribution is -2.24. The van der Waals surface area contributed by atoms with Crippen molar-refractivity contribution in [2.45, 2.75) is 45.4 Å². The van der Waals surface area contributed by atoms with Gasteiger partial charge in [0.1, 0.15) is 0 Å². The Hall–Kier alpha value is -1.72. The van der Waals surface area contributed by atoms with E-state index in [1.54, 1.807) is 11.3 Å². The predicted octanol–water partition coefficient (Wildman–Crippen LogP) is 4.91. The van der Waals surface area contributed by atoms with Crippen molar-refractivity contribution in [3.05, 3.63) is 50.3 Å². The van der Waals surface area contributed by atoms with Gasteiger partial charge in [-0.15, -0.1) is 22.7 Å². The molecule has 1 aliphatic carbocycles. The van der Waals surface area contributed by atoms with Crippen LogP contribution >= 0.6 is 22.7 Å². The van der Waals surface area contributed by atoms with Gasteiger partial charge < -0.3 is 5.32 Å². The molecule has 0 bridgehead atoms. The number of thiophene rings is 1. The Labute approximate surface area is 156 Å². The van der Waals surface area contributed by atoms with Crippen LogP contribution in [0, 0.1) is 6.92 Å². The maximum Gasteiger partial charge on any atom is 0.261 e. The molecule has 0 saturated heterocycles. The van der Waals surface area contributed by atoms with Gasteiger partial charge in [0, 0.05) is 22.5 Å². The molecule has 3 aromatic rings. The van der Waals surface area contributed by atoms with Gasteiger partial charge in [0.25, 0.3) is 5.91 Å². The maximum atomic E-state index is 12.5. The number of carbonyl (C=O) groups is 1. The number of amides is 1. The molecule has 0 unspecified atom stereocenters. The Bertz CT molecular complexity index is 886. The van der Waals surface area contributed by atoms with Crippen molar-refractivity contribution in [3.63, 3.8) is 0 Å². The number of nitrogens with one attached hydrogen (secondary N) is 1. The first-order valence-electron chi connectivity index (χ1n) is 8.96. The third-order valence-corrected chi connectivity index (χ3v) is 7.28. The molecule has 0 radical (unpaired) electrons. The highest BCUT2D eigenvalue weighted by atomic mass is 32.1. The van der Waals surface area contributed by atoms with E-state index in [-0.39, 0.29) is 5.91 Å². The molecule has 0 aliphatic heterocycles. The van der Waals surface area contributed by atoms with Gasteiger partial charge in [0.15, 0.2) is 0 Å². The number of hydrogen-bond acceptors (Lipinski definition) is 4. The standard InChI is InChI=1S/C20H22N2OS2/c1-13-14-7-2-4-9-16(14)25-19(13)20(23)21-12-6-11-18-22-15-8-3-5-10-17(15)24-18/h2,4,7,9H,3,5-6,8,10-12H2,1H3,(H,21,23). The van der Waals surface area contributed by atoms with E-state index in [0.717, 1.165) is 29.7 Å². The largest absolute Gasteiger partial charge is 0.351 e. The highest BCUT2D eigenvalue weighted by Crippen LogP contribution is 2.30. The molecule has 0 spiro atoms. The van der Waals surface area contributed by atoms with Crippen molar-refractivity contribution in [2.24, 2.45) is 0 Å². The molecule has 2 heterocycles. The number of benzene rings is 1. The number of carbonyl (C=O) groups excluding carboxylic acids is 1. The lowest BCUT2D eigenvalue weighted by atomic mass is 10.0. The van der Waals surface area contributed by atoms with Crippen molar-refractivity contribution in [2.75, 3.05) is 6.54 Å². The molecule has 25 heavy (non-hydrogen) atoms. The molecule has 2 aromatic heterocycles. The zero-order valence-corrected chi connectivity index (χ0v) is 16.1. The summed E-state index contributed by atoms with van der Waals surface area (Å²) in [5.41, 5.74) is 2.42. The topological polar surface area (TPSA) is 42.0 Å². The van der Waals surface area contributed by atoms with Crippen LogP contribution in [0.1, 0.15) is 50.1 Å². The Morgan fingerprint density at radius 3 is 2.88 bits per heavy atom. The molecular weight excluding hydrogens is 348 g/mol.